The van der Waals surface area contributed by atoms with E-state index in [-0.39, 0.29) is 5.69 Å². The quantitative estimate of drug-likeness (QED) is 0.726. The number of pyridine rings is 1. The maximum atomic E-state index is 8.99. The SMILES string of the molecule is CCn1c(Sc2ccc(Cl)c(C#N)n2)nnc1-c1ccco1. The molecule has 0 spiro atoms. The molecule has 0 radical (unpaired) electrons. The highest BCUT2D eigenvalue weighted by Gasteiger charge is 2.16. The third-order valence-electron chi connectivity index (χ3n) is 2.90. The van der Waals surface area contributed by atoms with Gasteiger partial charge in [-0.05, 0) is 43.0 Å². The lowest BCUT2D eigenvalue weighted by Crippen LogP contribution is -1.99. The normalized spacial score (nSPS) is 10.6. The summed E-state index contributed by atoms with van der Waals surface area (Å²) in [6, 6.07) is 8.99. The number of hydrogen-bond donors (Lipinski definition) is 0. The van der Waals surface area contributed by atoms with Crippen molar-refractivity contribution in [2.75, 3.05) is 0 Å². The van der Waals surface area contributed by atoms with Crippen molar-refractivity contribution < 1.29 is 4.42 Å². The molecule has 110 valence electrons. The Morgan fingerprint density at radius 1 is 1.36 bits per heavy atom. The van der Waals surface area contributed by atoms with Gasteiger partial charge in [-0.1, -0.05) is 11.6 Å². The van der Waals surface area contributed by atoms with Crippen LogP contribution in [0.3, 0.4) is 0 Å². The van der Waals surface area contributed by atoms with E-state index >= 15 is 0 Å². The Labute approximate surface area is 135 Å². The zero-order valence-electron chi connectivity index (χ0n) is 11.5. The lowest BCUT2D eigenvalue weighted by Gasteiger charge is -2.05. The largest absolute Gasteiger partial charge is 0.461 e. The van der Waals surface area contributed by atoms with Crippen molar-refractivity contribution in [1.29, 1.82) is 5.26 Å². The summed E-state index contributed by atoms with van der Waals surface area (Å²) in [6.07, 6.45) is 1.59. The summed E-state index contributed by atoms with van der Waals surface area (Å²) in [5.74, 6) is 1.31. The number of aromatic nitrogens is 4. The van der Waals surface area contributed by atoms with E-state index in [2.05, 4.69) is 15.2 Å². The van der Waals surface area contributed by atoms with Crippen molar-refractivity contribution in [1.82, 2.24) is 19.7 Å². The number of furan rings is 1. The van der Waals surface area contributed by atoms with Gasteiger partial charge in [0.2, 0.25) is 0 Å². The van der Waals surface area contributed by atoms with Crippen LogP contribution in [-0.4, -0.2) is 19.7 Å². The predicted octanol–water partition coefficient (Wildman–Crippen LogP) is 3.63. The van der Waals surface area contributed by atoms with E-state index in [1.165, 1.54) is 11.8 Å². The molecular formula is C14H10ClN5OS. The second-order valence-electron chi connectivity index (χ2n) is 4.22. The van der Waals surface area contributed by atoms with Crippen LogP contribution in [0.1, 0.15) is 12.6 Å². The fourth-order valence-electron chi connectivity index (χ4n) is 1.89. The van der Waals surface area contributed by atoms with Crippen molar-refractivity contribution in [2.24, 2.45) is 0 Å². The topological polar surface area (TPSA) is 80.5 Å². The van der Waals surface area contributed by atoms with E-state index in [4.69, 9.17) is 21.3 Å². The summed E-state index contributed by atoms with van der Waals surface area (Å²) < 4.78 is 7.29. The average Bonchev–Trinajstić information content (AvgIpc) is 3.18. The maximum Gasteiger partial charge on any atom is 0.200 e. The second-order valence-corrected chi connectivity index (χ2v) is 5.62. The minimum Gasteiger partial charge on any atom is -0.461 e. The Balaban J connectivity index is 1.95. The molecule has 0 bridgehead atoms. The van der Waals surface area contributed by atoms with Crippen LogP contribution in [0.2, 0.25) is 5.02 Å². The fraction of sp³-hybridized carbons (Fsp3) is 0.143. The summed E-state index contributed by atoms with van der Waals surface area (Å²) in [4.78, 5) is 4.20. The molecular weight excluding hydrogens is 322 g/mol. The molecule has 22 heavy (non-hydrogen) atoms. The molecule has 0 aliphatic rings. The Hall–Kier alpha value is -2.30. The van der Waals surface area contributed by atoms with Gasteiger partial charge in [0.15, 0.2) is 22.4 Å². The van der Waals surface area contributed by atoms with Crippen LogP contribution >= 0.6 is 23.4 Å². The summed E-state index contributed by atoms with van der Waals surface area (Å²) in [5, 5.41) is 19.0. The molecule has 0 amide bonds. The Morgan fingerprint density at radius 3 is 2.91 bits per heavy atom. The minimum absolute atomic E-state index is 0.195. The van der Waals surface area contributed by atoms with Crippen molar-refractivity contribution in [3.8, 4) is 17.7 Å². The van der Waals surface area contributed by atoms with Crippen LogP contribution in [0.4, 0.5) is 0 Å². The van der Waals surface area contributed by atoms with Crippen LogP contribution in [-0.2, 0) is 6.54 Å². The van der Waals surface area contributed by atoms with Crippen LogP contribution in [0.5, 0.6) is 0 Å². The Bertz CT molecular complexity index is 838. The first-order valence-corrected chi connectivity index (χ1v) is 7.64. The molecule has 0 atom stereocenters. The van der Waals surface area contributed by atoms with Gasteiger partial charge in [-0.2, -0.15) is 5.26 Å². The predicted molar refractivity (Wildman–Crippen MR) is 81.5 cm³/mol. The van der Waals surface area contributed by atoms with Crippen molar-refractivity contribution in [3.05, 3.63) is 41.2 Å². The van der Waals surface area contributed by atoms with E-state index in [0.29, 0.717) is 33.3 Å². The zero-order chi connectivity index (χ0) is 15.5. The molecule has 0 aliphatic carbocycles. The second kappa shape index (κ2) is 6.22. The molecule has 6 nitrogen and oxygen atoms in total. The number of hydrogen-bond acceptors (Lipinski definition) is 6. The summed E-state index contributed by atoms with van der Waals surface area (Å²) in [6.45, 7) is 2.68. The van der Waals surface area contributed by atoms with Gasteiger partial charge in [0.25, 0.3) is 0 Å². The van der Waals surface area contributed by atoms with E-state index in [1.807, 2.05) is 23.6 Å². The van der Waals surface area contributed by atoms with Crippen LogP contribution < -0.4 is 0 Å². The molecule has 3 rings (SSSR count). The molecule has 0 fully saturated rings. The van der Waals surface area contributed by atoms with Crippen LogP contribution in [0, 0.1) is 11.3 Å². The number of halogens is 1. The summed E-state index contributed by atoms with van der Waals surface area (Å²) >= 11 is 7.21. The van der Waals surface area contributed by atoms with Gasteiger partial charge in [0, 0.05) is 6.54 Å². The first-order chi connectivity index (χ1) is 10.7. The number of nitrogens with zero attached hydrogens (tertiary/aromatic N) is 5. The molecule has 0 unspecified atom stereocenters. The van der Waals surface area contributed by atoms with Gasteiger partial charge >= 0.3 is 0 Å². The Morgan fingerprint density at radius 2 is 2.23 bits per heavy atom. The molecule has 3 aromatic rings. The van der Waals surface area contributed by atoms with Crippen molar-refractivity contribution in [2.45, 2.75) is 23.7 Å². The van der Waals surface area contributed by atoms with Gasteiger partial charge in [-0.15, -0.1) is 10.2 Å². The molecule has 3 heterocycles. The van der Waals surface area contributed by atoms with Gasteiger partial charge in [0.05, 0.1) is 11.3 Å². The summed E-state index contributed by atoms with van der Waals surface area (Å²) in [5.41, 5.74) is 0.195. The highest BCUT2D eigenvalue weighted by Crippen LogP contribution is 2.29. The molecule has 0 saturated heterocycles. The highest BCUT2D eigenvalue weighted by molar-refractivity contribution is 7.99. The van der Waals surface area contributed by atoms with Crippen LogP contribution in [0.15, 0.2) is 45.1 Å². The van der Waals surface area contributed by atoms with Gasteiger partial charge in [-0.3, -0.25) is 4.57 Å². The molecule has 3 aromatic heterocycles. The minimum atomic E-state index is 0.195. The molecule has 0 aliphatic heterocycles. The summed E-state index contributed by atoms with van der Waals surface area (Å²) in [7, 11) is 0. The number of rotatable bonds is 4. The Kier molecular flexibility index (Phi) is 4.13. The molecule has 0 saturated carbocycles. The highest BCUT2D eigenvalue weighted by atomic mass is 35.5. The fourth-order valence-corrected chi connectivity index (χ4v) is 2.91. The van der Waals surface area contributed by atoms with Crippen molar-refractivity contribution in [3.63, 3.8) is 0 Å². The first kappa shape index (κ1) is 14.6. The lowest BCUT2D eigenvalue weighted by molar-refractivity contribution is 0.567. The van der Waals surface area contributed by atoms with E-state index in [0.717, 1.165) is 0 Å². The maximum absolute atomic E-state index is 8.99. The van der Waals surface area contributed by atoms with E-state index in [1.54, 1.807) is 24.5 Å². The van der Waals surface area contributed by atoms with Crippen molar-refractivity contribution >= 4 is 23.4 Å². The third kappa shape index (κ3) is 2.71. The van der Waals surface area contributed by atoms with Crippen LogP contribution in [0.25, 0.3) is 11.6 Å². The molecule has 0 N–H and O–H groups in total. The van der Waals surface area contributed by atoms with E-state index in [9.17, 15) is 0 Å². The average molecular weight is 332 g/mol. The van der Waals surface area contributed by atoms with Gasteiger partial charge in [-0.25, -0.2) is 4.98 Å². The molecule has 8 heteroatoms. The zero-order valence-corrected chi connectivity index (χ0v) is 13.1. The van der Waals surface area contributed by atoms with E-state index < -0.39 is 0 Å². The van der Waals surface area contributed by atoms with Gasteiger partial charge < -0.3 is 4.42 Å². The monoisotopic (exact) mass is 331 g/mol. The third-order valence-corrected chi connectivity index (χ3v) is 4.12. The number of nitriles is 1. The first-order valence-electron chi connectivity index (χ1n) is 6.44. The standard InChI is InChI=1S/C14H10ClN5OS/c1-2-20-13(11-4-3-7-21-11)18-19-14(20)22-12-6-5-9(15)10(8-16)17-12/h3-7H,2H2,1H3. The molecule has 0 aromatic carbocycles. The van der Waals surface area contributed by atoms with Gasteiger partial charge in [0.1, 0.15) is 11.1 Å². The lowest BCUT2D eigenvalue weighted by atomic mass is 10.4. The smallest absolute Gasteiger partial charge is 0.200 e.